The van der Waals surface area contributed by atoms with E-state index in [-0.39, 0.29) is 24.3 Å². The number of hydrogen-bond donors (Lipinski definition) is 2. The van der Waals surface area contributed by atoms with Crippen LogP contribution in [-0.4, -0.2) is 23.6 Å². The molecule has 0 spiro atoms. The van der Waals surface area contributed by atoms with Gasteiger partial charge in [-0.3, -0.25) is 14.6 Å². The lowest BCUT2D eigenvalue weighted by molar-refractivity contribution is 0.102. The molecule has 2 amide bonds. The highest BCUT2D eigenvalue weighted by molar-refractivity contribution is 6.08. The number of amides is 2. The Balaban J connectivity index is 1.49. The molecule has 0 unspecified atom stereocenters. The van der Waals surface area contributed by atoms with Gasteiger partial charge in [-0.15, -0.1) is 0 Å². The van der Waals surface area contributed by atoms with E-state index in [4.69, 9.17) is 9.47 Å². The normalized spacial score (nSPS) is 11.8. The number of para-hydroxylation sites is 1. The van der Waals surface area contributed by atoms with Crippen LogP contribution in [0.4, 0.5) is 11.4 Å². The molecule has 0 fully saturated rings. The van der Waals surface area contributed by atoms with Gasteiger partial charge in [0.25, 0.3) is 11.8 Å². The number of nitrogens with one attached hydrogen (secondary N) is 2. The summed E-state index contributed by atoms with van der Waals surface area (Å²) in [6.45, 7) is 2.06. The number of anilines is 2. The van der Waals surface area contributed by atoms with Crippen LogP contribution in [0, 0.1) is 6.92 Å². The Labute approximate surface area is 161 Å². The third-order valence-corrected chi connectivity index (χ3v) is 4.28. The molecular weight excluding hydrogens is 358 g/mol. The van der Waals surface area contributed by atoms with Gasteiger partial charge in [-0.25, -0.2) is 0 Å². The molecule has 4 rings (SSSR count). The molecule has 1 aliphatic rings. The van der Waals surface area contributed by atoms with Gasteiger partial charge in [-0.1, -0.05) is 18.2 Å². The van der Waals surface area contributed by atoms with Crippen molar-refractivity contribution in [1.29, 1.82) is 0 Å². The molecule has 1 aliphatic heterocycles. The molecule has 2 N–H and O–H groups in total. The lowest BCUT2D eigenvalue weighted by Crippen LogP contribution is -2.17. The third-order valence-electron chi connectivity index (χ3n) is 4.28. The van der Waals surface area contributed by atoms with Crippen molar-refractivity contribution in [3.8, 4) is 11.5 Å². The number of rotatable bonds is 4. The van der Waals surface area contributed by atoms with Crippen LogP contribution >= 0.6 is 0 Å². The standard InChI is InChI=1S/C21H17N3O4/c1-13-4-2-3-5-16(13)24-21(26)17-10-14(8-9-22-17)20(25)23-15-6-7-18-19(11-15)28-12-27-18/h2-11H,12H2,1H3,(H,23,25)(H,24,26). The molecule has 0 saturated heterocycles. The van der Waals surface area contributed by atoms with Crippen LogP contribution in [-0.2, 0) is 0 Å². The SMILES string of the molecule is Cc1ccccc1NC(=O)c1cc(C(=O)Nc2ccc3c(c2)OCO3)ccn1. The second-order valence-corrected chi connectivity index (χ2v) is 6.22. The molecule has 1 aromatic heterocycles. The second-order valence-electron chi connectivity index (χ2n) is 6.22. The van der Waals surface area contributed by atoms with Crippen LogP contribution in [0.5, 0.6) is 11.5 Å². The minimum absolute atomic E-state index is 0.154. The molecule has 0 atom stereocenters. The lowest BCUT2D eigenvalue weighted by atomic mass is 10.1. The average Bonchev–Trinajstić information content (AvgIpc) is 3.17. The summed E-state index contributed by atoms with van der Waals surface area (Å²) < 4.78 is 10.6. The van der Waals surface area contributed by atoms with Crippen molar-refractivity contribution in [2.24, 2.45) is 0 Å². The fourth-order valence-corrected chi connectivity index (χ4v) is 2.77. The number of fused-ring (bicyclic) bond motifs is 1. The van der Waals surface area contributed by atoms with Gasteiger partial charge >= 0.3 is 0 Å². The van der Waals surface area contributed by atoms with Crippen LogP contribution in [0.2, 0.25) is 0 Å². The fraction of sp³-hybridized carbons (Fsp3) is 0.0952. The maximum absolute atomic E-state index is 12.6. The summed E-state index contributed by atoms with van der Waals surface area (Å²) in [5, 5.41) is 5.59. The van der Waals surface area contributed by atoms with Crippen molar-refractivity contribution in [3.63, 3.8) is 0 Å². The number of carbonyl (C=O) groups is 2. The van der Waals surface area contributed by atoms with Crippen molar-refractivity contribution in [3.05, 3.63) is 77.6 Å². The van der Waals surface area contributed by atoms with E-state index >= 15 is 0 Å². The van der Waals surface area contributed by atoms with E-state index in [9.17, 15) is 9.59 Å². The van der Waals surface area contributed by atoms with Gasteiger partial charge in [0.15, 0.2) is 11.5 Å². The van der Waals surface area contributed by atoms with Gasteiger partial charge in [0.2, 0.25) is 6.79 Å². The Bertz CT molecular complexity index is 1070. The number of ether oxygens (including phenoxy) is 2. The zero-order valence-corrected chi connectivity index (χ0v) is 15.1. The molecule has 140 valence electrons. The lowest BCUT2D eigenvalue weighted by Gasteiger charge is -2.09. The smallest absolute Gasteiger partial charge is 0.274 e. The van der Waals surface area contributed by atoms with E-state index in [0.717, 1.165) is 5.56 Å². The summed E-state index contributed by atoms with van der Waals surface area (Å²) in [7, 11) is 0. The average molecular weight is 375 g/mol. The van der Waals surface area contributed by atoms with Crippen molar-refractivity contribution in [2.45, 2.75) is 6.92 Å². The fourth-order valence-electron chi connectivity index (χ4n) is 2.77. The summed E-state index contributed by atoms with van der Waals surface area (Å²) in [5.41, 5.74) is 2.68. The van der Waals surface area contributed by atoms with Crippen molar-refractivity contribution in [2.75, 3.05) is 17.4 Å². The van der Waals surface area contributed by atoms with Crippen molar-refractivity contribution >= 4 is 23.2 Å². The number of aromatic nitrogens is 1. The minimum Gasteiger partial charge on any atom is -0.454 e. The molecule has 0 aliphatic carbocycles. The first-order valence-electron chi connectivity index (χ1n) is 8.64. The van der Waals surface area contributed by atoms with Gasteiger partial charge in [0, 0.05) is 29.2 Å². The van der Waals surface area contributed by atoms with Crippen LogP contribution < -0.4 is 20.1 Å². The first-order valence-corrected chi connectivity index (χ1v) is 8.64. The summed E-state index contributed by atoms with van der Waals surface area (Å²) in [6.07, 6.45) is 1.43. The monoisotopic (exact) mass is 375 g/mol. The van der Waals surface area contributed by atoms with Crippen molar-refractivity contribution < 1.29 is 19.1 Å². The Morgan fingerprint density at radius 2 is 1.75 bits per heavy atom. The molecular formula is C21H17N3O4. The summed E-state index contributed by atoms with van der Waals surface area (Å²) in [4.78, 5) is 29.1. The molecule has 28 heavy (non-hydrogen) atoms. The van der Waals surface area contributed by atoms with Crippen LogP contribution in [0.1, 0.15) is 26.4 Å². The maximum atomic E-state index is 12.6. The Morgan fingerprint density at radius 3 is 2.61 bits per heavy atom. The Kier molecular flexibility index (Phi) is 4.63. The molecule has 2 aromatic carbocycles. The first kappa shape index (κ1) is 17.5. The zero-order chi connectivity index (χ0) is 19.5. The topological polar surface area (TPSA) is 89.6 Å². The second kappa shape index (κ2) is 7.40. The van der Waals surface area contributed by atoms with Crippen molar-refractivity contribution in [1.82, 2.24) is 4.98 Å². The van der Waals surface area contributed by atoms with E-state index in [2.05, 4.69) is 15.6 Å². The maximum Gasteiger partial charge on any atom is 0.274 e. The summed E-state index contributed by atoms with van der Waals surface area (Å²) in [5.74, 6) is 0.473. The third kappa shape index (κ3) is 3.64. The number of nitrogens with zero attached hydrogens (tertiary/aromatic N) is 1. The zero-order valence-electron chi connectivity index (χ0n) is 15.1. The highest BCUT2D eigenvalue weighted by Crippen LogP contribution is 2.34. The molecule has 2 heterocycles. The highest BCUT2D eigenvalue weighted by atomic mass is 16.7. The van der Waals surface area contributed by atoms with Gasteiger partial charge in [-0.05, 0) is 42.8 Å². The highest BCUT2D eigenvalue weighted by Gasteiger charge is 2.16. The van der Waals surface area contributed by atoms with E-state index in [1.807, 2.05) is 31.2 Å². The van der Waals surface area contributed by atoms with Gasteiger partial charge in [0.05, 0.1) is 0 Å². The van der Waals surface area contributed by atoms with Crippen LogP contribution in [0.25, 0.3) is 0 Å². The summed E-state index contributed by atoms with van der Waals surface area (Å²) in [6, 6.07) is 15.6. The number of carbonyl (C=O) groups excluding carboxylic acids is 2. The predicted molar refractivity (Wildman–Crippen MR) is 104 cm³/mol. The predicted octanol–water partition coefficient (Wildman–Crippen LogP) is 3.62. The number of aryl methyl sites for hydroxylation is 1. The van der Waals surface area contributed by atoms with E-state index in [1.165, 1.54) is 12.3 Å². The van der Waals surface area contributed by atoms with E-state index in [1.54, 1.807) is 24.3 Å². The van der Waals surface area contributed by atoms with Crippen LogP contribution in [0.15, 0.2) is 60.8 Å². The number of pyridine rings is 1. The largest absolute Gasteiger partial charge is 0.454 e. The van der Waals surface area contributed by atoms with Gasteiger partial charge in [-0.2, -0.15) is 0 Å². The minimum atomic E-state index is -0.382. The van der Waals surface area contributed by atoms with E-state index in [0.29, 0.717) is 28.4 Å². The van der Waals surface area contributed by atoms with Gasteiger partial charge in [0.1, 0.15) is 5.69 Å². The molecule has 3 aromatic rings. The molecule has 0 saturated carbocycles. The summed E-state index contributed by atoms with van der Waals surface area (Å²) >= 11 is 0. The molecule has 7 heteroatoms. The number of benzene rings is 2. The molecule has 0 bridgehead atoms. The van der Waals surface area contributed by atoms with E-state index < -0.39 is 0 Å². The van der Waals surface area contributed by atoms with Crippen LogP contribution in [0.3, 0.4) is 0 Å². The number of hydrogen-bond acceptors (Lipinski definition) is 5. The Hall–Kier alpha value is -3.87. The Morgan fingerprint density at radius 1 is 0.929 bits per heavy atom. The van der Waals surface area contributed by atoms with Gasteiger partial charge < -0.3 is 20.1 Å². The molecule has 0 radical (unpaired) electrons. The molecule has 7 nitrogen and oxygen atoms in total. The quantitative estimate of drug-likeness (QED) is 0.727. The first-order chi connectivity index (χ1) is 13.6.